The molecule has 0 amide bonds. The molecule has 0 bridgehead atoms. The predicted octanol–water partition coefficient (Wildman–Crippen LogP) is 1.45. The third kappa shape index (κ3) is 2.43. The lowest BCUT2D eigenvalue weighted by Crippen LogP contribution is -2.08. The molecule has 0 unspecified atom stereocenters. The molecule has 0 aliphatic rings. The van der Waals surface area contributed by atoms with E-state index in [4.69, 9.17) is 4.74 Å². The second-order valence-electron chi connectivity index (χ2n) is 3.95. The summed E-state index contributed by atoms with van der Waals surface area (Å²) in [5.41, 5.74) is 3.06. The summed E-state index contributed by atoms with van der Waals surface area (Å²) in [7, 11) is 0. The number of nitrogens with zero attached hydrogens (tertiary/aromatic N) is 3. The third-order valence-corrected chi connectivity index (χ3v) is 2.59. The van der Waals surface area contributed by atoms with Gasteiger partial charge in [0, 0.05) is 6.20 Å². The lowest BCUT2D eigenvalue weighted by Gasteiger charge is -1.98. The normalized spacial score (nSPS) is 10.8. The molecule has 2 aromatic rings. The summed E-state index contributed by atoms with van der Waals surface area (Å²) in [6, 6.07) is 1.96. The summed E-state index contributed by atoms with van der Waals surface area (Å²) in [6.45, 7) is 6.20. The monoisotopic (exact) mass is 233 g/mol. The van der Waals surface area contributed by atoms with E-state index >= 15 is 0 Å². The van der Waals surface area contributed by atoms with Crippen LogP contribution < -0.4 is 0 Å². The molecular formula is C12H15N3O2. The predicted molar refractivity (Wildman–Crippen MR) is 62.8 cm³/mol. The maximum absolute atomic E-state index is 11.3. The molecule has 0 fully saturated rings. The molecule has 5 nitrogen and oxygen atoms in total. The Bertz CT molecular complexity index is 521. The van der Waals surface area contributed by atoms with Crippen LogP contribution >= 0.6 is 0 Å². The standard InChI is InChI=1S/C12H15N3O2/c1-4-17-12(16)6-10-13-11-5-8(2)9(3)7-15(11)14-10/h5,7H,4,6H2,1-3H3. The molecule has 0 saturated carbocycles. The summed E-state index contributed by atoms with van der Waals surface area (Å²) in [6.07, 6.45) is 2.03. The zero-order valence-corrected chi connectivity index (χ0v) is 10.2. The van der Waals surface area contributed by atoms with Crippen LogP contribution in [-0.4, -0.2) is 27.2 Å². The van der Waals surface area contributed by atoms with Crippen molar-refractivity contribution in [2.45, 2.75) is 27.2 Å². The first-order valence-corrected chi connectivity index (χ1v) is 5.58. The average Bonchev–Trinajstić information content (AvgIpc) is 2.60. The van der Waals surface area contributed by atoms with Crippen LogP contribution in [0.2, 0.25) is 0 Å². The van der Waals surface area contributed by atoms with E-state index in [0.29, 0.717) is 12.4 Å². The number of rotatable bonds is 3. The van der Waals surface area contributed by atoms with Gasteiger partial charge < -0.3 is 4.74 Å². The fourth-order valence-corrected chi connectivity index (χ4v) is 1.58. The Labute approximate surface area is 99.4 Å². The number of aromatic nitrogens is 3. The van der Waals surface area contributed by atoms with E-state index < -0.39 is 0 Å². The molecule has 0 atom stereocenters. The summed E-state index contributed by atoms with van der Waals surface area (Å²) < 4.78 is 6.55. The fourth-order valence-electron chi connectivity index (χ4n) is 1.58. The average molecular weight is 233 g/mol. The van der Waals surface area contributed by atoms with E-state index in [1.165, 1.54) is 0 Å². The minimum Gasteiger partial charge on any atom is -0.466 e. The zero-order valence-electron chi connectivity index (χ0n) is 10.2. The van der Waals surface area contributed by atoms with Gasteiger partial charge >= 0.3 is 5.97 Å². The molecular weight excluding hydrogens is 218 g/mol. The number of hydrogen-bond donors (Lipinski definition) is 0. The molecule has 17 heavy (non-hydrogen) atoms. The number of carbonyl (C=O) groups is 1. The van der Waals surface area contributed by atoms with Crippen molar-refractivity contribution in [3.63, 3.8) is 0 Å². The first-order valence-electron chi connectivity index (χ1n) is 5.58. The van der Waals surface area contributed by atoms with E-state index in [1.807, 2.05) is 26.1 Å². The molecule has 0 radical (unpaired) electrons. The van der Waals surface area contributed by atoms with Crippen LogP contribution in [0, 0.1) is 13.8 Å². The maximum Gasteiger partial charge on any atom is 0.313 e. The minimum absolute atomic E-state index is 0.119. The quantitative estimate of drug-likeness (QED) is 0.753. The number of aryl methyl sites for hydroxylation is 2. The van der Waals surface area contributed by atoms with Gasteiger partial charge in [-0.2, -0.15) is 5.10 Å². The van der Waals surface area contributed by atoms with Crippen LogP contribution in [-0.2, 0) is 16.0 Å². The number of carbonyl (C=O) groups excluding carboxylic acids is 1. The Kier molecular flexibility index (Phi) is 3.08. The van der Waals surface area contributed by atoms with Gasteiger partial charge in [-0.3, -0.25) is 4.79 Å². The molecule has 0 saturated heterocycles. The highest BCUT2D eigenvalue weighted by Gasteiger charge is 2.10. The number of pyridine rings is 1. The van der Waals surface area contributed by atoms with Crippen molar-refractivity contribution in [1.82, 2.24) is 14.6 Å². The van der Waals surface area contributed by atoms with E-state index in [2.05, 4.69) is 10.1 Å². The van der Waals surface area contributed by atoms with Crippen LogP contribution in [0.25, 0.3) is 5.65 Å². The van der Waals surface area contributed by atoms with Crippen molar-refractivity contribution in [2.75, 3.05) is 6.61 Å². The van der Waals surface area contributed by atoms with Crippen molar-refractivity contribution in [3.8, 4) is 0 Å². The van der Waals surface area contributed by atoms with Crippen LogP contribution in [0.3, 0.4) is 0 Å². The lowest BCUT2D eigenvalue weighted by atomic mass is 10.2. The molecule has 0 aromatic carbocycles. The first-order chi connectivity index (χ1) is 8.10. The van der Waals surface area contributed by atoms with Crippen LogP contribution in [0.1, 0.15) is 23.9 Å². The topological polar surface area (TPSA) is 56.5 Å². The molecule has 90 valence electrons. The van der Waals surface area contributed by atoms with Gasteiger partial charge in [0.1, 0.15) is 6.42 Å². The second kappa shape index (κ2) is 4.53. The van der Waals surface area contributed by atoms with Crippen molar-refractivity contribution >= 4 is 11.6 Å². The number of ether oxygens (including phenoxy) is 1. The molecule has 0 aliphatic heterocycles. The van der Waals surface area contributed by atoms with Gasteiger partial charge in [-0.05, 0) is 38.0 Å². The van der Waals surface area contributed by atoms with Crippen molar-refractivity contribution < 1.29 is 9.53 Å². The zero-order chi connectivity index (χ0) is 12.4. The Morgan fingerprint density at radius 2 is 2.18 bits per heavy atom. The highest BCUT2D eigenvalue weighted by Crippen LogP contribution is 2.10. The largest absolute Gasteiger partial charge is 0.466 e. The van der Waals surface area contributed by atoms with Crippen molar-refractivity contribution in [1.29, 1.82) is 0 Å². The van der Waals surface area contributed by atoms with Gasteiger partial charge in [-0.15, -0.1) is 0 Å². The van der Waals surface area contributed by atoms with Gasteiger partial charge in [0.05, 0.1) is 6.61 Å². The summed E-state index contributed by atoms with van der Waals surface area (Å²) in [5.74, 6) is 0.199. The smallest absolute Gasteiger partial charge is 0.313 e. The van der Waals surface area contributed by atoms with Crippen molar-refractivity contribution in [3.05, 3.63) is 29.2 Å². The molecule has 0 N–H and O–H groups in total. The maximum atomic E-state index is 11.3. The van der Waals surface area contributed by atoms with Gasteiger partial charge in [0.2, 0.25) is 0 Å². The number of fused-ring (bicyclic) bond motifs is 1. The third-order valence-electron chi connectivity index (χ3n) is 2.59. The molecule has 2 aromatic heterocycles. The summed E-state index contributed by atoms with van der Waals surface area (Å²) in [4.78, 5) is 15.6. The van der Waals surface area contributed by atoms with Gasteiger partial charge in [0.15, 0.2) is 11.5 Å². The van der Waals surface area contributed by atoms with Gasteiger partial charge in [-0.25, -0.2) is 9.50 Å². The molecule has 0 spiro atoms. The molecule has 2 heterocycles. The fraction of sp³-hybridized carbons (Fsp3) is 0.417. The molecule has 5 heteroatoms. The number of hydrogen-bond acceptors (Lipinski definition) is 4. The Balaban J connectivity index is 2.29. The highest BCUT2D eigenvalue weighted by atomic mass is 16.5. The first kappa shape index (κ1) is 11.6. The van der Waals surface area contributed by atoms with Crippen LogP contribution in [0.4, 0.5) is 0 Å². The molecule has 0 aliphatic carbocycles. The lowest BCUT2D eigenvalue weighted by molar-refractivity contribution is -0.142. The van der Waals surface area contributed by atoms with E-state index in [1.54, 1.807) is 11.4 Å². The Morgan fingerprint density at radius 3 is 2.88 bits per heavy atom. The van der Waals surface area contributed by atoms with Gasteiger partial charge in [-0.1, -0.05) is 0 Å². The summed E-state index contributed by atoms with van der Waals surface area (Å²) in [5, 5.41) is 4.24. The van der Waals surface area contributed by atoms with E-state index in [9.17, 15) is 4.79 Å². The van der Waals surface area contributed by atoms with E-state index in [0.717, 1.165) is 16.8 Å². The second-order valence-corrected chi connectivity index (χ2v) is 3.95. The van der Waals surface area contributed by atoms with Crippen LogP contribution in [0.15, 0.2) is 12.3 Å². The number of esters is 1. The molecule has 2 rings (SSSR count). The van der Waals surface area contributed by atoms with Crippen molar-refractivity contribution in [2.24, 2.45) is 0 Å². The van der Waals surface area contributed by atoms with Crippen LogP contribution in [0.5, 0.6) is 0 Å². The van der Waals surface area contributed by atoms with Gasteiger partial charge in [0.25, 0.3) is 0 Å². The highest BCUT2D eigenvalue weighted by molar-refractivity contribution is 5.71. The Morgan fingerprint density at radius 1 is 1.41 bits per heavy atom. The SMILES string of the molecule is CCOC(=O)Cc1nc2cc(C)c(C)cn2n1. The minimum atomic E-state index is -0.295. The Hall–Kier alpha value is -1.91. The van der Waals surface area contributed by atoms with E-state index in [-0.39, 0.29) is 12.4 Å². The summed E-state index contributed by atoms with van der Waals surface area (Å²) >= 11 is 0.